The van der Waals surface area contributed by atoms with Crippen molar-refractivity contribution in [2.75, 3.05) is 5.75 Å². The summed E-state index contributed by atoms with van der Waals surface area (Å²) in [5.74, 6) is 1.21. The van der Waals surface area contributed by atoms with Crippen molar-refractivity contribution in [1.29, 1.82) is 0 Å². The van der Waals surface area contributed by atoms with Crippen LogP contribution in [-0.2, 0) is 13.6 Å². The molecule has 0 saturated carbocycles. The van der Waals surface area contributed by atoms with Gasteiger partial charge in [0.1, 0.15) is 12.4 Å². The van der Waals surface area contributed by atoms with Gasteiger partial charge in [-0.2, -0.15) is 0 Å². The quantitative estimate of drug-likeness (QED) is 0.513. The van der Waals surface area contributed by atoms with Crippen LogP contribution >= 0.6 is 11.8 Å². The van der Waals surface area contributed by atoms with Gasteiger partial charge in [0.25, 0.3) is 0 Å². The van der Waals surface area contributed by atoms with Crippen LogP contribution in [-0.4, -0.2) is 10.3 Å². The summed E-state index contributed by atoms with van der Waals surface area (Å²) in [4.78, 5) is 0. The van der Waals surface area contributed by atoms with E-state index in [1.165, 1.54) is 17.3 Å². The molecule has 12 heavy (non-hydrogen) atoms. The number of aromatic nitrogens is 2. The molecular weight excluding hydrogens is 168 g/mol. The maximum absolute atomic E-state index is 2.28. The zero-order valence-corrected chi connectivity index (χ0v) is 8.90. The number of thioether (sulfide) groups is 1. The molecule has 0 fully saturated rings. The lowest BCUT2D eigenvalue weighted by Crippen LogP contribution is -2.28. The normalized spacial score (nSPS) is 10.6. The van der Waals surface area contributed by atoms with Crippen LogP contribution in [0.4, 0.5) is 0 Å². The minimum absolute atomic E-state index is 1.06. The lowest BCUT2D eigenvalue weighted by Gasteiger charge is -1.97. The monoisotopic (exact) mass is 185 g/mol. The van der Waals surface area contributed by atoms with Crippen LogP contribution in [0.15, 0.2) is 17.6 Å². The number of hydrogen-bond acceptors (Lipinski definition) is 1. The van der Waals surface area contributed by atoms with Crippen LogP contribution in [0.1, 0.15) is 20.3 Å². The maximum Gasteiger partial charge on any atom is 0.317 e. The topological polar surface area (TPSA) is 8.81 Å². The third kappa shape index (κ3) is 2.03. The van der Waals surface area contributed by atoms with Gasteiger partial charge in [0.2, 0.25) is 0 Å². The summed E-state index contributed by atoms with van der Waals surface area (Å²) in [6, 6.07) is 0. The second kappa shape index (κ2) is 4.55. The Bertz CT molecular complexity index is 243. The molecular formula is C9H17N2S+. The zero-order chi connectivity index (χ0) is 8.97. The average molecular weight is 185 g/mol. The Morgan fingerprint density at radius 3 is 2.83 bits per heavy atom. The van der Waals surface area contributed by atoms with E-state index >= 15 is 0 Å². The number of imidazole rings is 1. The molecule has 68 valence electrons. The Morgan fingerprint density at radius 1 is 1.50 bits per heavy atom. The van der Waals surface area contributed by atoms with E-state index in [1.807, 2.05) is 11.8 Å². The molecule has 0 aliphatic heterocycles. The van der Waals surface area contributed by atoms with Crippen molar-refractivity contribution in [3.8, 4) is 0 Å². The van der Waals surface area contributed by atoms with Crippen molar-refractivity contribution in [1.82, 2.24) is 4.57 Å². The summed E-state index contributed by atoms with van der Waals surface area (Å²) in [6.45, 7) is 5.45. The summed E-state index contributed by atoms with van der Waals surface area (Å²) >= 11 is 1.93. The van der Waals surface area contributed by atoms with Gasteiger partial charge in [-0.1, -0.05) is 6.92 Å². The molecule has 0 N–H and O–H groups in total. The first-order chi connectivity index (χ1) is 5.79. The highest BCUT2D eigenvalue weighted by atomic mass is 32.2. The molecule has 0 aliphatic rings. The molecule has 2 nitrogen and oxygen atoms in total. The lowest BCUT2D eigenvalue weighted by atomic mass is 10.6. The summed E-state index contributed by atoms with van der Waals surface area (Å²) in [6.07, 6.45) is 5.49. The Morgan fingerprint density at radius 2 is 2.25 bits per heavy atom. The largest absolute Gasteiger partial charge is 0.317 e. The summed E-state index contributed by atoms with van der Waals surface area (Å²) in [7, 11) is 2.10. The second-order valence-corrected chi connectivity index (χ2v) is 3.89. The molecule has 1 heterocycles. The van der Waals surface area contributed by atoms with Gasteiger partial charge in [0.15, 0.2) is 0 Å². The van der Waals surface area contributed by atoms with Gasteiger partial charge in [-0.15, -0.1) is 0 Å². The highest BCUT2D eigenvalue weighted by Gasteiger charge is 2.12. The van der Waals surface area contributed by atoms with Gasteiger partial charge < -0.3 is 0 Å². The Labute approximate surface area is 78.6 Å². The minimum atomic E-state index is 1.06. The number of aryl methyl sites for hydroxylation is 2. The Hall–Kier alpha value is -0.440. The highest BCUT2D eigenvalue weighted by Crippen LogP contribution is 2.14. The third-order valence-corrected chi connectivity index (χ3v) is 3.19. The smallest absolute Gasteiger partial charge is 0.227 e. The van der Waals surface area contributed by atoms with E-state index in [1.54, 1.807) is 0 Å². The molecule has 1 rings (SSSR count). The molecule has 1 aromatic heterocycles. The molecule has 0 radical (unpaired) electrons. The zero-order valence-electron chi connectivity index (χ0n) is 8.08. The van der Waals surface area contributed by atoms with Crippen LogP contribution < -0.4 is 4.57 Å². The van der Waals surface area contributed by atoms with Crippen molar-refractivity contribution in [3.63, 3.8) is 0 Å². The van der Waals surface area contributed by atoms with Crippen LogP contribution in [0.5, 0.6) is 0 Å². The van der Waals surface area contributed by atoms with E-state index in [0.717, 1.165) is 6.54 Å². The molecule has 0 atom stereocenters. The Kier molecular flexibility index (Phi) is 3.66. The first-order valence-electron chi connectivity index (χ1n) is 4.47. The van der Waals surface area contributed by atoms with Crippen LogP contribution in [0.3, 0.4) is 0 Å². The van der Waals surface area contributed by atoms with Gasteiger partial charge in [-0.05, 0) is 25.1 Å². The van der Waals surface area contributed by atoms with Crippen LogP contribution in [0.25, 0.3) is 0 Å². The molecule has 0 aromatic carbocycles. The van der Waals surface area contributed by atoms with Gasteiger partial charge in [0.05, 0.1) is 13.6 Å². The number of rotatable bonds is 4. The SMILES string of the molecule is CCCSc1n(CC)cc[n+]1C. The highest BCUT2D eigenvalue weighted by molar-refractivity contribution is 7.99. The molecule has 1 aromatic rings. The molecule has 0 amide bonds. The minimum Gasteiger partial charge on any atom is -0.227 e. The van der Waals surface area contributed by atoms with E-state index in [4.69, 9.17) is 0 Å². The summed E-state index contributed by atoms with van der Waals surface area (Å²) in [5, 5.41) is 1.36. The van der Waals surface area contributed by atoms with E-state index < -0.39 is 0 Å². The third-order valence-electron chi connectivity index (χ3n) is 1.79. The summed E-state index contributed by atoms with van der Waals surface area (Å²) < 4.78 is 4.46. The second-order valence-electron chi connectivity index (χ2n) is 2.83. The first-order valence-corrected chi connectivity index (χ1v) is 5.45. The van der Waals surface area contributed by atoms with E-state index in [0.29, 0.717) is 0 Å². The number of hydrogen-bond donors (Lipinski definition) is 0. The average Bonchev–Trinajstić information content (AvgIpc) is 2.43. The van der Waals surface area contributed by atoms with Gasteiger partial charge in [-0.25, -0.2) is 9.13 Å². The lowest BCUT2D eigenvalue weighted by molar-refractivity contribution is -0.709. The van der Waals surface area contributed by atoms with Crippen molar-refractivity contribution in [2.24, 2.45) is 7.05 Å². The standard InChI is InChI=1S/C9H17N2S/c1-4-8-12-9-10(3)6-7-11(9)5-2/h6-7H,4-5,8H2,1-3H3/q+1. The van der Waals surface area contributed by atoms with Gasteiger partial charge in [0, 0.05) is 5.75 Å². The molecule has 0 spiro atoms. The first kappa shape index (κ1) is 9.65. The van der Waals surface area contributed by atoms with Crippen molar-refractivity contribution < 1.29 is 4.57 Å². The fraction of sp³-hybridized carbons (Fsp3) is 0.667. The van der Waals surface area contributed by atoms with Gasteiger partial charge in [-0.3, -0.25) is 0 Å². The fourth-order valence-corrected chi connectivity index (χ4v) is 2.14. The van der Waals surface area contributed by atoms with E-state index in [-0.39, 0.29) is 0 Å². The van der Waals surface area contributed by atoms with Crippen molar-refractivity contribution in [2.45, 2.75) is 32.0 Å². The molecule has 0 saturated heterocycles. The predicted molar refractivity (Wildman–Crippen MR) is 52.3 cm³/mol. The fourth-order valence-electron chi connectivity index (χ4n) is 1.13. The van der Waals surface area contributed by atoms with E-state index in [2.05, 4.69) is 42.4 Å². The van der Waals surface area contributed by atoms with Gasteiger partial charge >= 0.3 is 5.16 Å². The molecule has 0 bridgehead atoms. The van der Waals surface area contributed by atoms with Crippen molar-refractivity contribution >= 4 is 11.8 Å². The maximum atomic E-state index is 2.28. The van der Waals surface area contributed by atoms with E-state index in [9.17, 15) is 0 Å². The van der Waals surface area contributed by atoms with Crippen LogP contribution in [0.2, 0.25) is 0 Å². The molecule has 0 unspecified atom stereocenters. The molecule has 0 aliphatic carbocycles. The summed E-state index contributed by atoms with van der Waals surface area (Å²) in [5.41, 5.74) is 0. The Balaban J connectivity index is 2.72. The van der Waals surface area contributed by atoms with Crippen LogP contribution in [0, 0.1) is 0 Å². The molecule has 3 heteroatoms. The van der Waals surface area contributed by atoms with Crippen molar-refractivity contribution in [3.05, 3.63) is 12.4 Å². The predicted octanol–water partition coefficient (Wildman–Crippen LogP) is 1.83. The number of nitrogens with zero attached hydrogens (tertiary/aromatic N) is 2.